The fourth-order valence-corrected chi connectivity index (χ4v) is 2.49. The second-order valence-electron chi connectivity index (χ2n) is 4.35. The second kappa shape index (κ2) is 2.94. The van der Waals surface area contributed by atoms with Crippen LogP contribution in [0.15, 0.2) is 11.3 Å². The van der Waals surface area contributed by atoms with E-state index in [1.807, 2.05) is 0 Å². The van der Waals surface area contributed by atoms with Gasteiger partial charge in [0.25, 0.3) is 0 Å². The van der Waals surface area contributed by atoms with Crippen LogP contribution in [0.3, 0.4) is 0 Å². The van der Waals surface area contributed by atoms with Crippen molar-refractivity contribution in [2.45, 2.75) is 39.0 Å². The summed E-state index contributed by atoms with van der Waals surface area (Å²) in [5.41, 5.74) is -0.280. The van der Waals surface area contributed by atoms with Crippen LogP contribution in [-0.4, -0.2) is 16.7 Å². The first kappa shape index (κ1) is 9.44. The van der Waals surface area contributed by atoms with Gasteiger partial charge in [-0.3, -0.25) is 9.59 Å². The maximum Gasteiger partial charge on any atom is 0.163 e. The molecule has 2 rings (SSSR count). The molecular weight excluding hydrogens is 180 g/mol. The highest BCUT2D eigenvalue weighted by Gasteiger charge is 2.46. The summed E-state index contributed by atoms with van der Waals surface area (Å²) in [4.78, 5) is 23.5. The summed E-state index contributed by atoms with van der Waals surface area (Å²) < 4.78 is 0. The summed E-state index contributed by atoms with van der Waals surface area (Å²) in [6.07, 6.45) is 2.58. The van der Waals surface area contributed by atoms with E-state index in [2.05, 4.69) is 0 Å². The number of aliphatic hydroxyl groups excluding tert-OH is 1. The van der Waals surface area contributed by atoms with Crippen molar-refractivity contribution >= 4 is 11.6 Å². The molecule has 0 saturated heterocycles. The lowest BCUT2D eigenvalue weighted by atomic mass is 9.78. The smallest absolute Gasteiger partial charge is 0.163 e. The molecule has 1 fully saturated rings. The number of hydrogen-bond donors (Lipinski definition) is 1. The average molecular weight is 194 g/mol. The number of rotatable bonds is 0. The number of allylic oxidation sites excluding steroid dienone is 2. The Balaban J connectivity index is 2.52. The van der Waals surface area contributed by atoms with Gasteiger partial charge in [-0.15, -0.1) is 0 Å². The molecule has 0 amide bonds. The van der Waals surface area contributed by atoms with E-state index in [0.717, 1.165) is 0 Å². The molecule has 0 aliphatic heterocycles. The predicted octanol–water partition coefficient (Wildman–Crippen LogP) is 1.92. The topological polar surface area (TPSA) is 54.4 Å². The van der Waals surface area contributed by atoms with E-state index in [1.54, 1.807) is 6.92 Å². The molecule has 1 atom stereocenters. The van der Waals surface area contributed by atoms with E-state index in [9.17, 15) is 14.7 Å². The summed E-state index contributed by atoms with van der Waals surface area (Å²) in [6.45, 7) is 1.79. The molecule has 2 aliphatic carbocycles. The number of aliphatic hydroxyl groups is 1. The van der Waals surface area contributed by atoms with Gasteiger partial charge in [0.2, 0.25) is 0 Å². The van der Waals surface area contributed by atoms with Crippen molar-refractivity contribution in [3.05, 3.63) is 11.3 Å². The molecule has 76 valence electrons. The highest BCUT2D eigenvalue weighted by atomic mass is 16.3. The molecule has 3 heteroatoms. The van der Waals surface area contributed by atoms with Crippen LogP contribution in [0.25, 0.3) is 0 Å². The molecule has 0 heterocycles. The zero-order chi connectivity index (χ0) is 10.3. The van der Waals surface area contributed by atoms with Gasteiger partial charge in [-0.25, -0.2) is 0 Å². The fraction of sp³-hybridized carbons (Fsp3) is 0.636. The minimum absolute atomic E-state index is 0.0339. The molecule has 0 aromatic heterocycles. The molecule has 1 N–H and O–H groups in total. The number of ketones is 2. The lowest BCUT2D eigenvalue weighted by Gasteiger charge is -2.22. The predicted molar refractivity (Wildman–Crippen MR) is 50.9 cm³/mol. The third-order valence-corrected chi connectivity index (χ3v) is 3.40. The minimum atomic E-state index is -0.683. The van der Waals surface area contributed by atoms with E-state index >= 15 is 0 Å². The van der Waals surface area contributed by atoms with Crippen molar-refractivity contribution in [2.24, 2.45) is 5.41 Å². The van der Waals surface area contributed by atoms with Gasteiger partial charge in [-0.1, -0.05) is 0 Å². The van der Waals surface area contributed by atoms with Crippen molar-refractivity contribution in [1.82, 2.24) is 0 Å². The molecule has 0 aromatic rings. The first-order valence-corrected chi connectivity index (χ1v) is 5.05. The molecule has 0 spiro atoms. The van der Waals surface area contributed by atoms with Crippen LogP contribution in [0.1, 0.15) is 39.0 Å². The maximum atomic E-state index is 11.8. The van der Waals surface area contributed by atoms with Gasteiger partial charge in [0.15, 0.2) is 5.78 Å². The summed E-state index contributed by atoms with van der Waals surface area (Å²) in [7, 11) is 0. The van der Waals surface area contributed by atoms with Crippen LogP contribution in [-0.2, 0) is 9.59 Å². The van der Waals surface area contributed by atoms with Crippen LogP contribution in [0.5, 0.6) is 0 Å². The van der Waals surface area contributed by atoms with E-state index in [1.165, 1.54) is 0 Å². The van der Waals surface area contributed by atoms with Crippen LogP contribution in [0.4, 0.5) is 0 Å². The van der Waals surface area contributed by atoms with Gasteiger partial charge < -0.3 is 5.11 Å². The SMILES string of the molecule is CC12CCC(O)=C1C(=O)CCCC2=O. The third-order valence-electron chi connectivity index (χ3n) is 3.40. The first-order chi connectivity index (χ1) is 6.55. The zero-order valence-electron chi connectivity index (χ0n) is 8.30. The molecule has 0 aromatic carbocycles. The Labute approximate surface area is 82.8 Å². The van der Waals surface area contributed by atoms with Crippen LogP contribution in [0, 0.1) is 5.41 Å². The summed E-state index contributed by atoms with van der Waals surface area (Å²) in [5.74, 6) is 0.225. The van der Waals surface area contributed by atoms with E-state index in [-0.39, 0.29) is 17.3 Å². The molecule has 0 radical (unpaired) electrons. The fourth-order valence-electron chi connectivity index (χ4n) is 2.49. The number of hydrogen-bond acceptors (Lipinski definition) is 3. The molecule has 14 heavy (non-hydrogen) atoms. The Kier molecular flexibility index (Phi) is 1.98. The number of fused-ring (bicyclic) bond motifs is 1. The highest BCUT2D eigenvalue weighted by Crippen LogP contribution is 2.46. The summed E-state index contributed by atoms with van der Waals surface area (Å²) in [6, 6.07) is 0. The lowest BCUT2D eigenvalue weighted by Crippen LogP contribution is -2.28. The lowest BCUT2D eigenvalue weighted by molar-refractivity contribution is -0.127. The Hall–Kier alpha value is -1.12. The summed E-state index contributed by atoms with van der Waals surface area (Å²) >= 11 is 0. The van der Waals surface area contributed by atoms with Crippen molar-refractivity contribution in [3.8, 4) is 0 Å². The number of carbonyl (C=O) groups is 2. The highest BCUT2D eigenvalue weighted by molar-refractivity contribution is 6.06. The minimum Gasteiger partial charge on any atom is -0.512 e. The van der Waals surface area contributed by atoms with Crippen molar-refractivity contribution in [3.63, 3.8) is 0 Å². The van der Waals surface area contributed by atoms with Gasteiger partial charge in [0, 0.05) is 24.8 Å². The quantitative estimate of drug-likeness (QED) is 0.641. The van der Waals surface area contributed by atoms with Gasteiger partial charge >= 0.3 is 0 Å². The number of Topliss-reactive ketones (excluding diaryl/α,β-unsaturated/α-hetero) is 2. The monoisotopic (exact) mass is 194 g/mol. The Bertz CT molecular complexity index is 340. The van der Waals surface area contributed by atoms with Gasteiger partial charge in [-0.05, 0) is 19.8 Å². The number of carbonyl (C=O) groups excluding carboxylic acids is 2. The van der Waals surface area contributed by atoms with E-state index in [0.29, 0.717) is 37.7 Å². The van der Waals surface area contributed by atoms with Crippen LogP contribution < -0.4 is 0 Å². The van der Waals surface area contributed by atoms with E-state index < -0.39 is 5.41 Å². The molecule has 2 aliphatic rings. The van der Waals surface area contributed by atoms with Crippen molar-refractivity contribution in [1.29, 1.82) is 0 Å². The second-order valence-corrected chi connectivity index (χ2v) is 4.35. The van der Waals surface area contributed by atoms with Crippen molar-refractivity contribution in [2.75, 3.05) is 0 Å². The molecule has 1 unspecified atom stereocenters. The Morgan fingerprint density at radius 3 is 2.64 bits per heavy atom. The van der Waals surface area contributed by atoms with E-state index in [4.69, 9.17) is 0 Å². The summed E-state index contributed by atoms with van der Waals surface area (Å²) in [5, 5.41) is 9.61. The first-order valence-electron chi connectivity index (χ1n) is 5.05. The Morgan fingerprint density at radius 2 is 1.93 bits per heavy atom. The van der Waals surface area contributed by atoms with Gasteiger partial charge in [0.1, 0.15) is 11.5 Å². The standard InChI is InChI=1S/C11H14O3/c1-11-6-5-8(13)10(11)7(12)3-2-4-9(11)14/h13H,2-6H2,1H3. The largest absolute Gasteiger partial charge is 0.512 e. The third kappa shape index (κ3) is 1.11. The molecule has 3 nitrogen and oxygen atoms in total. The molecular formula is C11H14O3. The normalized spacial score (nSPS) is 33.2. The van der Waals surface area contributed by atoms with Crippen LogP contribution >= 0.6 is 0 Å². The molecule has 0 bridgehead atoms. The van der Waals surface area contributed by atoms with Crippen LogP contribution in [0.2, 0.25) is 0 Å². The zero-order valence-corrected chi connectivity index (χ0v) is 8.30. The van der Waals surface area contributed by atoms with Gasteiger partial charge in [-0.2, -0.15) is 0 Å². The average Bonchev–Trinajstić information content (AvgIpc) is 2.37. The van der Waals surface area contributed by atoms with Gasteiger partial charge in [0.05, 0.1) is 5.41 Å². The Morgan fingerprint density at radius 1 is 1.21 bits per heavy atom. The maximum absolute atomic E-state index is 11.8. The van der Waals surface area contributed by atoms with Crippen molar-refractivity contribution < 1.29 is 14.7 Å². The molecule has 1 saturated carbocycles.